The van der Waals surface area contributed by atoms with E-state index in [1.165, 1.54) is 22.5 Å². The number of aliphatic hydroxyl groups is 1. The fraction of sp³-hybridized carbons (Fsp3) is 0.286. The lowest BCUT2D eigenvalue weighted by Gasteiger charge is -2.15. The first-order chi connectivity index (χ1) is 18.3. The van der Waals surface area contributed by atoms with Crippen LogP contribution in [0, 0.1) is 0 Å². The van der Waals surface area contributed by atoms with Crippen molar-refractivity contribution in [3.05, 3.63) is 89.0 Å². The minimum Gasteiger partial charge on any atom is -0.497 e. The molecule has 0 saturated carbocycles. The number of aromatic nitrogens is 3. The summed E-state index contributed by atoms with van der Waals surface area (Å²) in [7, 11) is 1.61. The van der Waals surface area contributed by atoms with Crippen LogP contribution in [0.5, 0.6) is 11.5 Å². The van der Waals surface area contributed by atoms with E-state index in [4.69, 9.17) is 14.2 Å². The Kier molecular flexibility index (Phi) is 8.98. The minimum absolute atomic E-state index is 0.00263. The van der Waals surface area contributed by atoms with Crippen molar-refractivity contribution >= 4 is 28.7 Å². The molecule has 0 saturated heterocycles. The van der Waals surface area contributed by atoms with Gasteiger partial charge in [-0.25, -0.2) is 4.68 Å². The van der Waals surface area contributed by atoms with Crippen LogP contribution in [0.3, 0.4) is 0 Å². The number of carbonyl (C=O) groups excluding carboxylic acids is 2. The Balaban J connectivity index is 1.27. The van der Waals surface area contributed by atoms with Crippen molar-refractivity contribution in [1.82, 2.24) is 15.0 Å². The van der Waals surface area contributed by atoms with Crippen LogP contribution in [0.15, 0.2) is 72.1 Å². The second-order valence-corrected chi connectivity index (χ2v) is 10.0. The van der Waals surface area contributed by atoms with Gasteiger partial charge in [-0.1, -0.05) is 47.3 Å². The number of hydrogen-bond acceptors (Lipinski definition) is 9. The van der Waals surface area contributed by atoms with Gasteiger partial charge in [-0.3, -0.25) is 9.59 Å². The quantitative estimate of drug-likeness (QED) is 0.271. The number of methoxy groups -OCH3 is 1. The van der Waals surface area contributed by atoms with Gasteiger partial charge in [0.2, 0.25) is 5.12 Å². The highest BCUT2D eigenvalue weighted by molar-refractivity contribution is 8.15. The van der Waals surface area contributed by atoms with E-state index in [0.29, 0.717) is 28.3 Å². The van der Waals surface area contributed by atoms with Gasteiger partial charge in [0.15, 0.2) is 5.78 Å². The number of hydrogen-bond donors (Lipinski definition) is 1. The van der Waals surface area contributed by atoms with Gasteiger partial charge in [0, 0.05) is 11.1 Å². The van der Waals surface area contributed by atoms with E-state index in [1.54, 1.807) is 50.6 Å². The van der Waals surface area contributed by atoms with Gasteiger partial charge < -0.3 is 19.3 Å². The molecule has 0 fully saturated rings. The summed E-state index contributed by atoms with van der Waals surface area (Å²) in [5.74, 6) is 1.75. The molecule has 0 amide bonds. The average Bonchev–Trinajstić information content (AvgIpc) is 3.47. The lowest BCUT2D eigenvalue weighted by atomic mass is 10.1. The van der Waals surface area contributed by atoms with Crippen LogP contribution in [-0.4, -0.2) is 56.1 Å². The third-order valence-electron chi connectivity index (χ3n) is 5.79. The first-order valence-corrected chi connectivity index (χ1v) is 12.9. The summed E-state index contributed by atoms with van der Waals surface area (Å²) in [6.45, 7) is 4.00. The van der Waals surface area contributed by atoms with E-state index in [0.717, 1.165) is 11.3 Å². The summed E-state index contributed by atoms with van der Waals surface area (Å²) in [6, 6.07) is 14.3. The van der Waals surface area contributed by atoms with E-state index in [9.17, 15) is 14.7 Å². The van der Waals surface area contributed by atoms with Gasteiger partial charge in [0.05, 0.1) is 25.1 Å². The third kappa shape index (κ3) is 7.11. The molecular formula is C28H29N3O6S. The first-order valence-electron chi connectivity index (χ1n) is 12.0. The maximum absolute atomic E-state index is 12.6. The van der Waals surface area contributed by atoms with Crippen molar-refractivity contribution in [2.24, 2.45) is 0 Å². The van der Waals surface area contributed by atoms with Gasteiger partial charge in [-0.05, 0) is 49.8 Å². The molecule has 9 nitrogen and oxygen atoms in total. The summed E-state index contributed by atoms with van der Waals surface area (Å²) in [6.07, 6.45) is 4.12. The Bertz CT molecular complexity index is 1350. The van der Waals surface area contributed by atoms with Crippen LogP contribution >= 0.6 is 11.8 Å². The van der Waals surface area contributed by atoms with E-state index < -0.39 is 6.10 Å². The molecule has 0 spiro atoms. The predicted molar refractivity (Wildman–Crippen MR) is 144 cm³/mol. The van der Waals surface area contributed by atoms with Crippen molar-refractivity contribution in [1.29, 1.82) is 0 Å². The fourth-order valence-corrected chi connectivity index (χ4v) is 4.71. The number of nitrogens with zero attached hydrogens (tertiary/aromatic N) is 3. The molecule has 1 aliphatic rings. The molecule has 2 aromatic carbocycles. The topological polar surface area (TPSA) is 113 Å². The van der Waals surface area contributed by atoms with Gasteiger partial charge in [-0.2, -0.15) is 0 Å². The molecule has 0 aliphatic carbocycles. The molecule has 3 aromatic rings. The van der Waals surface area contributed by atoms with Gasteiger partial charge in [-0.15, -0.1) is 5.10 Å². The van der Waals surface area contributed by atoms with Crippen molar-refractivity contribution in [3.63, 3.8) is 0 Å². The Morgan fingerprint density at radius 1 is 1.18 bits per heavy atom. The second-order valence-electron chi connectivity index (χ2n) is 8.72. The maximum atomic E-state index is 12.6. The Labute approximate surface area is 225 Å². The molecule has 1 aliphatic heterocycles. The van der Waals surface area contributed by atoms with Crippen LogP contribution in [0.25, 0.3) is 6.08 Å². The fourth-order valence-electron chi connectivity index (χ4n) is 3.76. The third-order valence-corrected chi connectivity index (χ3v) is 6.88. The molecule has 0 radical (unpaired) electrons. The summed E-state index contributed by atoms with van der Waals surface area (Å²) < 4.78 is 18.1. The molecule has 198 valence electrons. The monoisotopic (exact) mass is 535 g/mol. The van der Waals surface area contributed by atoms with Crippen LogP contribution < -0.4 is 9.47 Å². The lowest BCUT2D eigenvalue weighted by molar-refractivity contribution is -0.107. The van der Waals surface area contributed by atoms with Crippen LogP contribution in [-0.2, 0) is 22.7 Å². The van der Waals surface area contributed by atoms with Crippen LogP contribution in [0.4, 0.5) is 0 Å². The second kappa shape index (κ2) is 12.6. The zero-order chi connectivity index (χ0) is 27.1. The number of carbonyl (C=O) groups is 2. The first kappa shape index (κ1) is 27.2. The molecule has 38 heavy (non-hydrogen) atoms. The predicted octanol–water partition coefficient (Wildman–Crippen LogP) is 4.08. The van der Waals surface area contributed by atoms with Crippen molar-refractivity contribution in [3.8, 4) is 11.5 Å². The lowest BCUT2D eigenvalue weighted by Crippen LogP contribution is -2.23. The number of ether oxygens (including phenoxy) is 3. The van der Waals surface area contributed by atoms with E-state index in [-0.39, 0.29) is 35.9 Å². The number of aliphatic hydroxyl groups excluding tert-OH is 1. The highest BCUT2D eigenvalue weighted by Crippen LogP contribution is 2.34. The number of thioether (sulfide) groups is 1. The normalized spacial score (nSPS) is 16.2. The number of rotatable bonds is 12. The van der Waals surface area contributed by atoms with Crippen LogP contribution in [0.1, 0.15) is 35.5 Å². The summed E-state index contributed by atoms with van der Waals surface area (Å²) >= 11 is 1.22. The molecule has 10 heteroatoms. The Morgan fingerprint density at radius 3 is 2.68 bits per heavy atom. The zero-order valence-electron chi connectivity index (χ0n) is 21.4. The zero-order valence-corrected chi connectivity index (χ0v) is 22.2. The van der Waals surface area contributed by atoms with Gasteiger partial charge in [0.1, 0.15) is 42.3 Å². The number of allylic oxidation sites excluding steroid dienone is 1. The summed E-state index contributed by atoms with van der Waals surface area (Å²) in [5, 5.41) is 18.4. The smallest absolute Gasteiger partial charge is 0.219 e. The molecule has 0 bridgehead atoms. The van der Waals surface area contributed by atoms with Crippen molar-refractivity contribution in [2.45, 2.75) is 38.4 Å². The largest absolute Gasteiger partial charge is 0.497 e. The molecule has 4 rings (SSSR count). The van der Waals surface area contributed by atoms with E-state index in [1.807, 2.05) is 31.2 Å². The maximum Gasteiger partial charge on any atom is 0.219 e. The summed E-state index contributed by atoms with van der Waals surface area (Å²) in [4.78, 5) is 24.4. The molecule has 2 unspecified atom stereocenters. The molecular weight excluding hydrogens is 506 g/mol. The molecule has 1 N–H and O–H groups in total. The molecule has 1 aromatic heterocycles. The summed E-state index contributed by atoms with van der Waals surface area (Å²) in [5.41, 5.74) is 2.55. The molecule has 2 atom stereocenters. The number of ketones is 1. The SMILES string of the molecule is COc1ccc(/C=C/C(=O)c2cccc(OCc3cn(CC(O)COC4=C(C)C(=O)SC4C)nn3)c2)cc1. The molecule has 2 heterocycles. The minimum atomic E-state index is -0.827. The van der Waals surface area contributed by atoms with Gasteiger partial charge in [0.25, 0.3) is 0 Å². The average molecular weight is 536 g/mol. The van der Waals surface area contributed by atoms with Crippen molar-refractivity contribution < 1.29 is 28.9 Å². The van der Waals surface area contributed by atoms with E-state index >= 15 is 0 Å². The van der Waals surface area contributed by atoms with Crippen molar-refractivity contribution in [2.75, 3.05) is 13.7 Å². The standard InChI is InChI=1S/C28H29N3O6S/c1-18-27(19(2)38-28(18)34)37-17-23(32)15-31-14-22(29-30-31)16-36-25-6-4-5-21(13-25)26(33)12-9-20-7-10-24(35-3)11-8-20/h4-14,19,23,32H,15-17H2,1-3H3/b12-9+. The highest BCUT2D eigenvalue weighted by Gasteiger charge is 2.29. The van der Waals surface area contributed by atoms with Crippen LogP contribution in [0.2, 0.25) is 0 Å². The Hall–Kier alpha value is -3.89. The van der Waals surface area contributed by atoms with E-state index in [2.05, 4.69) is 10.3 Å². The highest BCUT2D eigenvalue weighted by atomic mass is 32.2. The number of benzene rings is 2. The Morgan fingerprint density at radius 2 is 1.97 bits per heavy atom. The van der Waals surface area contributed by atoms with Gasteiger partial charge >= 0.3 is 0 Å².